The van der Waals surface area contributed by atoms with Gasteiger partial charge >= 0.3 is 17.9 Å². The third-order valence-corrected chi connectivity index (χ3v) is 4.60. The van der Waals surface area contributed by atoms with Crippen LogP contribution in [0.1, 0.15) is 38.4 Å². The molecule has 1 aliphatic carbocycles. The van der Waals surface area contributed by atoms with Crippen LogP contribution in [0.15, 0.2) is 0 Å². The molecule has 9 heteroatoms. The molecule has 1 aliphatic rings. The van der Waals surface area contributed by atoms with E-state index in [1.165, 1.54) is 14.2 Å². The molecule has 0 spiro atoms. The van der Waals surface area contributed by atoms with Gasteiger partial charge in [-0.25, -0.2) is 9.59 Å². The van der Waals surface area contributed by atoms with Crippen molar-refractivity contribution in [3.63, 3.8) is 0 Å². The summed E-state index contributed by atoms with van der Waals surface area (Å²) in [5.74, 6) is -2.44. The molecule has 1 aromatic heterocycles. The lowest BCUT2D eigenvalue weighted by atomic mass is 10.1. The topological polar surface area (TPSA) is 108 Å². The summed E-state index contributed by atoms with van der Waals surface area (Å²) in [7, 11) is 2.41. The van der Waals surface area contributed by atoms with Crippen molar-refractivity contribution in [2.75, 3.05) is 26.1 Å². The van der Waals surface area contributed by atoms with Crippen LogP contribution in [0.25, 0.3) is 0 Å². The average molecular weight is 355 g/mol. The third-order valence-electron chi connectivity index (χ3n) is 3.42. The maximum absolute atomic E-state index is 11.9. The van der Waals surface area contributed by atoms with Crippen LogP contribution in [-0.2, 0) is 23.8 Å². The van der Waals surface area contributed by atoms with E-state index in [9.17, 15) is 19.2 Å². The van der Waals surface area contributed by atoms with Gasteiger partial charge in [-0.3, -0.25) is 9.59 Å². The monoisotopic (exact) mass is 355 g/mol. The second-order valence-electron chi connectivity index (χ2n) is 5.17. The van der Waals surface area contributed by atoms with Gasteiger partial charge in [-0.1, -0.05) is 0 Å². The Morgan fingerprint density at radius 1 is 1.12 bits per heavy atom. The predicted octanol–water partition coefficient (Wildman–Crippen LogP) is 1.52. The highest BCUT2D eigenvalue weighted by Crippen LogP contribution is 2.34. The lowest BCUT2D eigenvalue weighted by Gasteiger charge is -2.06. The van der Waals surface area contributed by atoms with Gasteiger partial charge in [-0.15, -0.1) is 11.3 Å². The standard InChI is InChI=1S/C15H17NO7S/c1-7-10(14(19)21-2)12(24-11(7)15(20)22-3)16-9(17)6-23-13(18)8-4-5-8/h8H,4-6H2,1-3H3,(H,16,17). The van der Waals surface area contributed by atoms with Crippen LogP contribution < -0.4 is 5.32 Å². The number of hydrogen-bond acceptors (Lipinski definition) is 8. The van der Waals surface area contributed by atoms with Crippen molar-refractivity contribution in [1.29, 1.82) is 0 Å². The normalized spacial score (nSPS) is 13.1. The molecule has 8 nitrogen and oxygen atoms in total. The molecule has 0 saturated heterocycles. The number of carbonyl (C=O) groups excluding carboxylic acids is 4. The number of methoxy groups -OCH3 is 2. The van der Waals surface area contributed by atoms with Gasteiger partial charge in [-0.05, 0) is 25.3 Å². The second-order valence-corrected chi connectivity index (χ2v) is 6.19. The van der Waals surface area contributed by atoms with E-state index in [2.05, 4.69) is 14.8 Å². The van der Waals surface area contributed by atoms with Gasteiger partial charge in [0.25, 0.3) is 5.91 Å². The minimum atomic E-state index is -0.691. The summed E-state index contributed by atoms with van der Waals surface area (Å²) in [5, 5.41) is 2.62. The van der Waals surface area contributed by atoms with Crippen LogP contribution in [0, 0.1) is 12.8 Å². The number of anilines is 1. The van der Waals surface area contributed by atoms with Crippen LogP contribution in [0.4, 0.5) is 5.00 Å². The first-order valence-electron chi connectivity index (χ1n) is 7.15. The summed E-state index contributed by atoms with van der Waals surface area (Å²) < 4.78 is 14.2. The number of amides is 1. The molecule has 1 amide bonds. The Morgan fingerprint density at radius 3 is 2.29 bits per heavy atom. The van der Waals surface area contributed by atoms with Crippen molar-refractivity contribution in [1.82, 2.24) is 0 Å². The molecule has 0 radical (unpaired) electrons. The molecular formula is C15H17NO7S. The first-order chi connectivity index (χ1) is 11.4. The van der Waals surface area contributed by atoms with Crippen LogP contribution in [0.3, 0.4) is 0 Å². The van der Waals surface area contributed by atoms with Crippen LogP contribution in [-0.4, -0.2) is 44.6 Å². The Morgan fingerprint density at radius 2 is 1.75 bits per heavy atom. The number of ether oxygens (including phenoxy) is 3. The zero-order valence-electron chi connectivity index (χ0n) is 13.5. The van der Waals surface area contributed by atoms with Crippen LogP contribution >= 0.6 is 11.3 Å². The Hall–Kier alpha value is -2.42. The Kier molecular flexibility index (Phi) is 5.55. The fourth-order valence-electron chi connectivity index (χ4n) is 1.97. The number of esters is 3. The molecule has 1 saturated carbocycles. The van der Waals surface area contributed by atoms with E-state index >= 15 is 0 Å². The van der Waals surface area contributed by atoms with Crippen LogP contribution in [0.5, 0.6) is 0 Å². The second kappa shape index (κ2) is 7.43. The smallest absolute Gasteiger partial charge is 0.348 e. The van der Waals surface area contributed by atoms with Crippen molar-refractivity contribution in [3.05, 3.63) is 16.0 Å². The van der Waals surface area contributed by atoms with Crippen molar-refractivity contribution >= 4 is 40.2 Å². The molecule has 1 N–H and O–H groups in total. The molecule has 24 heavy (non-hydrogen) atoms. The molecule has 130 valence electrons. The van der Waals surface area contributed by atoms with E-state index in [0.29, 0.717) is 5.56 Å². The van der Waals surface area contributed by atoms with E-state index in [4.69, 9.17) is 4.74 Å². The van der Waals surface area contributed by atoms with E-state index < -0.39 is 30.4 Å². The summed E-state index contributed by atoms with van der Waals surface area (Å²) >= 11 is 0.896. The largest absolute Gasteiger partial charge is 0.465 e. The van der Waals surface area contributed by atoms with Gasteiger partial charge in [0.15, 0.2) is 6.61 Å². The quantitative estimate of drug-likeness (QED) is 0.609. The lowest BCUT2D eigenvalue weighted by Crippen LogP contribution is -2.22. The van der Waals surface area contributed by atoms with E-state index in [0.717, 1.165) is 24.2 Å². The Labute approximate surface area is 142 Å². The van der Waals surface area contributed by atoms with E-state index in [-0.39, 0.29) is 21.4 Å². The first-order valence-corrected chi connectivity index (χ1v) is 7.97. The van der Waals surface area contributed by atoms with Crippen molar-refractivity contribution in [2.24, 2.45) is 5.92 Å². The summed E-state index contributed by atoms with van der Waals surface area (Å²) in [4.78, 5) is 47.2. The van der Waals surface area contributed by atoms with Gasteiger partial charge in [0.2, 0.25) is 0 Å². The number of thiophene rings is 1. The number of nitrogens with one attached hydrogen (secondary N) is 1. The fourth-order valence-corrected chi connectivity index (χ4v) is 3.10. The molecule has 0 atom stereocenters. The van der Waals surface area contributed by atoms with Gasteiger partial charge < -0.3 is 19.5 Å². The van der Waals surface area contributed by atoms with E-state index in [1.807, 2.05) is 0 Å². The van der Waals surface area contributed by atoms with Gasteiger partial charge in [0.05, 0.1) is 25.7 Å². The number of hydrogen-bond donors (Lipinski definition) is 1. The highest BCUT2D eigenvalue weighted by Gasteiger charge is 2.32. The Balaban J connectivity index is 2.14. The van der Waals surface area contributed by atoms with Crippen molar-refractivity contribution < 1.29 is 33.4 Å². The maximum Gasteiger partial charge on any atom is 0.348 e. The maximum atomic E-state index is 11.9. The van der Waals surface area contributed by atoms with Gasteiger partial charge in [0.1, 0.15) is 9.88 Å². The van der Waals surface area contributed by atoms with Crippen LogP contribution in [0.2, 0.25) is 0 Å². The predicted molar refractivity (Wildman–Crippen MR) is 84.0 cm³/mol. The zero-order valence-corrected chi connectivity index (χ0v) is 14.3. The molecule has 1 heterocycles. The SMILES string of the molecule is COC(=O)c1sc(NC(=O)COC(=O)C2CC2)c(C(=O)OC)c1C. The summed E-state index contributed by atoms with van der Waals surface area (Å²) in [6, 6.07) is 0. The third kappa shape index (κ3) is 3.91. The molecular weight excluding hydrogens is 338 g/mol. The minimum Gasteiger partial charge on any atom is -0.465 e. The molecule has 0 unspecified atom stereocenters. The summed E-state index contributed by atoms with van der Waals surface area (Å²) in [6.07, 6.45) is 1.55. The van der Waals surface area contributed by atoms with Crippen molar-refractivity contribution in [2.45, 2.75) is 19.8 Å². The van der Waals surface area contributed by atoms with Gasteiger partial charge in [-0.2, -0.15) is 0 Å². The van der Waals surface area contributed by atoms with Crippen molar-refractivity contribution in [3.8, 4) is 0 Å². The number of rotatable bonds is 6. The highest BCUT2D eigenvalue weighted by atomic mass is 32.1. The lowest BCUT2D eigenvalue weighted by molar-refractivity contribution is -0.148. The van der Waals surface area contributed by atoms with Gasteiger partial charge in [0, 0.05) is 0 Å². The highest BCUT2D eigenvalue weighted by molar-refractivity contribution is 7.18. The molecule has 2 rings (SSSR count). The minimum absolute atomic E-state index is 0.0739. The first kappa shape index (κ1) is 17.9. The zero-order chi connectivity index (χ0) is 17.9. The summed E-state index contributed by atoms with van der Waals surface area (Å²) in [6.45, 7) is 1.10. The molecule has 0 aliphatic heterocycles. The molecule has 1 aromatic rings. The number of carbonyl (C=O) groups is 4. The Bertz CT molecular complexity index is 690. The molecule has 0 bridgehead atoms. The summed E-state index contributed by atoms with van der Waals surface area (Å²) in [5.41, 5.74) is 0.425. The molecule has 0 aromatic carbocycles. The average Bonchev–Trinajstić information content (AvgIpc) is 3.36. The van der Waals surface area contributed by atoms with E-state index in [1.54, 1.807) is 6.92 Å². The molecule has 1 fully saturated rings. The fraction of sp³-hybridized carbons (Fsp3) is 0.467.